The molecule has 0 saturated heterocycles. The normalized spacial score (nSPS) is 11.2. The Bertz CT molecular complexity index is 1030. The van der Waals surface area contributed by atoms with E-state index in [1.807, 2.05) is 0 Å². The van der Waals surface area contributed by atoms with Gasteiger partial charge in [-0.15, -0.1) is 13.2 Å². The molecule has 0 radical (unpaired) electrons. The second-order valence-electron chi connectivity index (χ2n) is 5.80. The molecule has 0 aliphatic carbocycles. The van der Waals surface area contributed by atoms with Crippen LogP contribution in [0, 0.1) is 0 Å². The molecule has 0 aliphatic rings. The fraction of sp³-hybridized carbons (Fsp3) is 0.158. The van der Waals surface area contributed by atoms with Gasteiger partial charge in [-0.1, -0.05) is 17.3 Å². The minimum atomic E-state index is -4.78. The summed E-state index contributed by atoms with van der Waals surface area (Å²) in [5, 5.41) is 3.69. The zero-order chi connectivity index (χ0) is 21.0. The number of rotatable bonds is 6. The number of Topliss-reactive ketones (excluding diaryl/α,β-unsaturated/α-hetero) is 1. The van der Waals surface area contributed by atoms with Crippen LogP contribution in [0.25, 0.3) is 11.4 Å². The number of aromatic nitrogens is 2. The standard InChI is InChI=1S/C19H13F3N2O5/c1-11(25)13-3-2-4-14(9-13)18(26)27-10-16-23-17(24-29-16)12-5-7-15(8-6-12)28-19(20,21)22/h2-9H,10H2,1H3. The van der Waals surface area contributed by atoms with Gasteiger partial charge in [0.2, 0.25) is 5.82 Å². The highest BCUT2D eigenvalue weighted by molar-refractivity contribution is 5.97. The number of hydrogen-bond acceptors (Lipinski definition) is 7. The molecule has 1 aromatic heterocycles. The van der Waals surface area contributed by atoms with Crippen molar-refractivity contribution in [1.29, 1.82) is 0 Å². The van der Waals surface area contributed by atoms with E-state index in [1.165, 1.54) is 31.2 Å². The Morgan fingerprint density at radius 2 is 1.76 bits per heavy atom. The number of ketones is 1. The van der Waals surface area contributed by atoms with Gasteiger partial charge in [0.1, 0.15) is 5.75 Å². The first-order chi connectivity index (χ1) is 13.7. The molecular weight excluding hydrogens is 393 g/mol. The molecule has 0 fully saturated rings. The zero-order valence-electron chi connectivity index (χ0n) is 14.9. The molecule has 0 bridgehead atoms. The van der Waals surface area contributed by atoms with E-state index in [0.29, 0.717) is 11.1 Å². The predicted molar refractivity (Wildman–Crippen MR) is 92.0 cm³/mol. The number of benzene rings is 2. The van der Waals surface area contributed by atoms with Crippen molar-refractivity contribution in [2.24, 2.45) is 0 Å². The summed E-state index contributed by atoms with van der Waals surface area (Å²) in [6.07, 6.45) is -4.78. The van der Waals surface area contributed by atoms with Gasteiger partial charge in [-0.25, -0.2) is 4.79 Å². The van der Waals surface area contributed by atoms with Crippen LogP contribution in [0.15, 0.2) is 53.1 Å². The lowest BCUT2D eigenvalue weighted by Crippen LogP contribution is -2.16. The minimum Gasteiger partial charge on any atom is -0.452 e. The van der Waals surface area contributed by atoms with E-state index in [2.05, 4.69) is 14.9 Å². The first-order valence-electron chi connectivity index (χ1n) is 8.18. The molecule has 7 nitrogen and oxygen atoms in total. The van der Waals surface area contributed by atoms with Crippen molar-refractivity contribution in [3.8, 4) is 17.1 Å². The fourth-order valence-corrected chi connectivity index (χ4v) is 2.31. The smallest absolute Gasteiger partial charge is 0.452 e. The van der Waals surface area contributed by atoms with Crippen molar-refractivity contribution in [2.75, 3.05) is 0 Å². The van der Waals surface area contributed by atoms with Crippen molar-refractivity contribution in [3.63, 3.8) is 0 Å². The molecule has 0 amide bonds. The van der Waals surface area contributed by atoms with Gasteiger partial charge in [0.15, 0.2) is 12.4 Å². The van der Waals surface area contributed by atoms with Crippen LogP contribution in [-0.2, 0) is 11.3 Å². The number of halogens is 3. The third kappa shape index (κ3) is 5.41. The van der Waals surface area contributed by atoms with Crippen LogP contribution in [0.1, 0.15) is 33.5 Å². The highest BCUT2D eigenvalue weighted by Gasteiger charge is 2.31. The second-order valence-corrected chi connectivity index (χ2v) is 5.80. The summed E-state index contributed by atoms with van der Waals surface area (Å²) in [6.45, 7) is 1.07. The Morgan fingerprint density at radius 3 is 2.41 bits per heavy atom. The summed E-state index contributed by atoms with van der Waals surface area (Å²) in [5.74, 6) is -1.15. The van der Waals surface area contributed by atoms with E-state index < -0.39 is 12.3 Å². The molecule has 0 unspecified atom stereocenters. The number of ether oxygens (including phenoxy) is 2. The second kappa shape index (κ2) is 8.13. The SMILES string of the molecule is CC(=O)c1cccc(C(=O)OCc2nc(-c3ccc(OC(F)(F)F)cc3)no2)c1. The highest BCUT2D eigenvalue weighted by Crippen LogP contribution is 2.25. The van der Waals surface area contributed by atoms with Crippen molar-refractivity contribution < 1.29 is 36.8 Å². The lowest BCUT2D eigenvalue weighted by Gasteiger charge is -2.08. The molecular formula is C19H13F3N2O5. The molecule has 0 saturated carbocycles. The summed E-state index contributed by atoms with van der Waals surface area (Å²) >= 11 is 0. The highest BCUT2D eigenvalue weighted by atomic mass is 19.4. The summed E-state index contributed by atoms with van der Waals surface area (Å²) < 4.78 is 50.4. The van der Waals surface area contributed by atoms with Crippen LogP contribution < -0.4 is 4.74 Å². The summed E-state index contributed by atoms with van der Waals surface area (Å²) in [7, 11) is 0. The maximum Gasteiger partial charge on any atom is 0.573 e. The largest absolute Gasteiger partial charge is 0.573 e. The molecule has 3 rings (SSSR count). The minimum absolute atomic E-state index is 0.00769. The molecule has 10 heteroatoms. The van der Waals surface area contributed by atoms with Crippen LogP contribution in [0.4, 0.5) is 13.2 Å². The maximum atomic E-state index is 12.2. The number of carbonyl (C=O) groups excluding carboxylic acids is 2. The lowest BCUT2D eigenvalue weighted by atomic mass is 10.1. The molecule has 150 valence electrons. The molecule has 2 aromatic carbocycles. The lowest BCUT2D eigenvalue weighted by molar-refractivity contribution is -0.274. The van der Waals surface area contributed by atoms with E-state index in [1.54, 1.807) is 12.1 Å². The van der Waals surface area contributed by atoms with Crippen LogP contribution in [0.5, 0.6) is 5.75 Å². The molecule has 0 spiro atoms. The molecule has 0 atom stereocenters. The average molecular weight is 406 g/mol. The Morgan fingerprint density at radius 1 is 1.07 bits per heavy atom. The van der Waals surface area contributed by atoms with Gasteiger partial charge < -0.3 is 14.0 Å². The number of nitrogens with zero attached hydrogens (tertiary/aromatic N) is 2. The maximum absolute atomic E-state index is 12.2. The Hall–Kier alpha value is -3.69. The number of esters is 1. The molecule has 1 heterocycles. The molecule has 29 heavy (non-hydrogen) atoms. The molecule has 0 aliphatic heterocycles. The van der Waals surface area contributed by atoms with Crippen molar-refractivity contribution in [1.82, 2.24) is 10.1 Å². The summed E-state index contributed by atoms with van der Waals surface area (Å²) in [5.41, 5.74) is 0.949. The monoisotopic (exact) mass is 406 g/mol. The van der Waals surface area contributed by atoms with Crippen LogP contribution >= 0.6 is 0 Å². The third-order valence-corrected chi connectivity index (χ3v) is 3.65. The fourth-order valence-electron chi connectivity index (χ4n) is 2.31. The Balaban J connectivity index is 1.62. The van der Waals surface area contributed by atoms with Gasteiger partial charge in [-0.05, 0) is 43.3 Å². The van der Waals surface area contributed by atoms with Gasteiger partial charge in [0.25, 0.3) is 5.89 Å². The van der Waals surface area contributed by atoms with Crippen LogP contribution in [0.3, 0.4) is 0 Å². The van der Waals surface area contributed by atoms with Crippen molar-refractivity contribution in [2.45, 2.75) is 19.9 Å². The van der Waals surface area contributed by atoms with E-state index in [-0.39, 0.29) is 35.4 Å². The average Bonchev–Trinajstić information content (AvgIpc) is 3.14. The van der Waals surface area contributed by atoms with E-state index >= 15 is 0 Å². The van der Waals surface area contributed by atoms with Gasteiger partial charge in [-0.3, -0.25) is 4.79 Å². The Labute approximate surface area is 162 Å². The zero-order valence-corrected chi connectivity index (χ0v) is 14.9. The third-order valence-electron chi connectivity index (χ3n) is 3.65. The van der Waals surface area contributed by atoms with E-state index in [0.717, 1.165) is 12.1 Å². The summed E-state index contributed by atoms with van der Waals surface area (Å²) in [6, 6.07) is 10.9. The number of carbonyl (C=O) groups is 2. The first kappa shape index (κ1) is 20.1. The quantitative estimate of drug-likeness (QED) is 0.448. The summed E-state index contributed by atoms with van der Waals surface area (Å²) in [4.78, 5) is 27.5. The topological polar surface area (TPSA) is 91.5 Å². The van der Waals surface area contributed by atoms with Crippen LogP contribution in [-0.4, -0.2) is 28.3 Å². The van der Waals surface area contributed by atoms with Gasteiger partial charge in [0, 0.05) is 11.1 Å². The first-order valence-corrected chi connectivity index (χ1v) is 8.18. The Kier molecular flexibility index (Phi) is 5.62. The van der Waals surface area contributed by atoms with Crippen molar-refractivity contribution in [3.05, 3.63) is 65.5 Å². The molecule has 0 N–H and O–H groups in total. The number of alkyl halides is 3. The van der Waals surface area contributed by atoms with Gasteiger partial charge in [0.05, 0.1) is 5.56 Å². The van der Waals surface area contributed by atoms with E-state index in [9.17, 15) is 22.8 Å². The van der Waals surface area contributed by atoms with Crippen LogP contribution in [0.2, 0.25) is 0 Å². The number of hydrogen-bond donors (Lipinski definition) is 0. The van der Waals surface area contributed by atoms with Gasteiger partial charge >= 0.3 is 12.3 Å². The van der Waals surface area contributed by atoms with E-state index in [4.69, 9.17) is 9.26 Å². The van der Waals surface area contributed by atoms with Crippen molar-refractivity contribution >= 4 is 11.8 Å². The van der Waals surface area contributed by atoms with Gasteiger partial charge in [-0.2, -0.15) is 4.98 Å². The predicted octanol–water partition coefficient (Wildman–Crippen LogP) is 4.19. The molecule has 3 aromatic rings.